The number of aryl methyl sites for hydroxylation is 1. The molecule has 112 valence electrons. The lowest BCUT2D eigenvalue weighted by molar-refractivity contribution is 0.105. The first-order chi connectivity index (χ1) is 10.3. The van der Waals surface area contributed by atoms with Crippen LogP contribution in [0.15, 0.2) is 22.6 Å². The molecule has 5 heteroatoms. The van der Waals surface area contributed by atoms with Crippen molar-refractivity contribution in [1.82, 2.24) is 0 Å². The molecular weight excluding hydrogens is 272 g/mol. The maximum atomic E-state index is 5.76. The Morgan fingerprint density at radius 2 is 1.86 bits per heavy atom. The van der Waals surface area contributed by atoms with E-state index >= 15 is 0 Å². The minimum absolute atomic E-state index is 0.241. The average Bonchev–Trinajstić information content (AvgIpc) is 3.35. The summed E-state index contributed by atoms with van der Waals surface area (Å²) in [5.41, 5.74) is 1.92. The lowest BCUT2D eigenvalue weighted by Gasteiger charge is -2.08. The van der Waals surface area contributed by atoms with E-state index in [0.717, 1.165) is 41.3 Å². The van der Waals surface area contributed by atoms with Crippen molar-refractivity contribution in [3.05, 3.63) is 29.5 Å². The largest absolute Gasteiger partial charge is 0.491 e. The van der Waals surface area contributed by atoms with Gasteiger partial charge in [-0.2, -0.15) is 0 Å². The van der Waals surface area contributed by atoms with Gasteiger partial charge in [0.15, 0.2) is 0 Å². The van der Waals surface area contributed by atoms with Gasteiger partial charge in [0.25, 0.3) is 0 Å². The fourth-order valence-corrected chi connectivity index (χ4v) is 2.33. The Hall–Kier alpha value is -1.56. The van der Waals surface area contributed by atoms with Gasteiger partial charge in [-0.15, -0.1) is 0 Å². The number of furan rings is 1. The van der Waals surface area contributed by atoms with Gasteiger partial charge in [0.1, 0.15) is 35.9 Å². The summed E-state index contributed by atoms with van der Waals surface area (Å²) in [6.45, 7) is 5.30. The normalized spacial score (nSPS) is 23.5. The average molecular weight is 290 g/mol. The molecule has 2 aromatic rings. The van der Waals surface area contributed by atoms with Crippen molar-refractivity contribution in [3.8, 4) is 5.75 Å². The zero-order chi connectivity index (χ0) is 14.2. The first-order valence-corrected chi connectivity index (χ1v) is 7.25. The van der Waals surface area contributed by atoms with Crippen molar-refractivity contribution >= 4 is 11.0 Å². The van der Waals surface area contributed by atoms with Gasteiger partial charge in [-0.1, -0.05) is 0 Å². The monoisotopic (exact) mass is 290 g/mol. The molecule has 3 heterocycles. The van der Waals surface area contributed by atoms with E-state index < -0.39 is 0 Å². The van der Waals surface area contributed by atoms with Crippen LogP contribution >= 0.6 is 0 Å². The summed E-state index contributed by atoms with van der Waals surface area (Å²) in [4.78, 5) is 0. The van der Waals surface area contributed by atoms with Crippen LogP contribution in [0.1, 0.15) is 11.3 Å². The molecular formula is C16H18O5. The van der Waals surface area contributed by atoms with Crippen molar-refractivity contribution in [1.29, 1.82) is 0 Å². The SMILES string of the molecule is Cc1cc2c(COCC3CO3)cc(OCC3CO3)cc2o1. The van der Waals surface area contributed by atoms with Crippen LogP contribution < -0.4 is 4.74 Å². The summed E-state index contributed by atoms with van der Waals surface area (Å²) in [7, 11) is 0. The molecule has 2 fully saturated rings. The fraction of sp³-hybridized carbons (Fsp3) is 0.500. The smallest absolute Gasteiger partial charge is 0.138 e. The van der Waals surface area contributed by atoms with Crippen molar-refractivity contribution in [2.24, 2.45) is 0 Å². The van der Waals surface area contributed by atoms with E-state index in [2.05, 4.69) is 0 Å². The third-order valence-corrected chi connectivity index (χ3v) is 3.62. The van der Waals surface area contributed by atoms with Crippen molar-refractivity contribution in [3.63, 3.8) is 0 Å². The van der Waals surface area contributed by atoms with Crippen LogP contribution in [0.3, 0.4) is 0 Å². The van der Waals surface area contributed by atoms with Crippen molar-refractivity contribution in [2.75, 3.05) is 26.4 Å². The number of epoxide rings is 2. The molecule has 21 heavy (non-hydrogen) atoms. The topological polar surface area (TPSA) is 56.7 Å². The minimum atomic E-state index is 0.241. The number of hydrogen-bond acceptors (Lipinski definition) is 5. The van der Waals surface area contributed by atoms with E-state index in [1.54, 1.807) is 0 Å². The third kappa shape index (κ3) is 3.20. The Balaban J connectivity index is 1.54. The van der Waals surface area contributed by atoms with E-state index in [4.69, 9.17) is 23.4 Å². The maximum absolute atomic E-state index is 5.76. The quantitative estimate of drug-likeness (QED) is 0.733. The summed E-state index contributed by atoms with van der Waals surface area (Å²) >= 11 is 0. The number of rotatable bonds is 7. The molecule has 0 bridgehead atoms. The molecule has 1 aromatic heterocycles. The molecule has 1 aromatic carbocycles. The number of fused-ring (bicyclic) bond motifs is 1. The van der Waals surface area contributed by atoms with Crippen LogP contribution in [-0.4, -0.2) is 38.6 Å². The first kappa shape index (κ1) is 13.1. The predicted molar refractivity (Wildman–Crippen MR) is 75.6 cm³/mol. The molecule has 0 aliphatic carbocycles. The lowest BCUT2D eigenvalue weighted by Crippen LogP contribution is -2.05. The highest BCUT2D eigenvalue weighted by molar-refractivity contribution is 5.83. The van der Waals surface area contributed by atoms with Gasteiger partial charge in [0.2, 0.25) is 0 Å². The van der Waals surface area contributed by atoms with Crippen LogP contribution in [0.4, 0.5) is 0 Å². The summed E-state index contributed by atoms with van der Waals surface area (Å²) in [6.07, 6.45) is 0.517. The number of ether oxygens (including phenoxy) is 4. The van der Waals surface area contributed by atoms with E-state index in [9.17, 15) is 0 Å². The summed E-state index contributed by atoms with van der Waals surface area (Å²) in [5, 5.41) is 1.08. The third-order valence-electron chi connectivity index (χ3n) is 3.62. The molecule has 2 unspecified atom stereocenters. The van der Waals surface area contributed by atoms with E-state index in [-0.39, 0.29) is 12.2 Å². The molecule has 4 rings (SSSR count). The lowest BCUT2D eigenvalue weighted by atomic mass is 10.1. The van der Waals surface area contributed by atoms with E-state index in [1.165, 1.54) is 0 Å². The van der Waals surface area contributed by atoms with Gasteiger partial charge in [0, 0.05) is 11.5 Å². The molecule has 0 radical (unpaired) electrons. The van der Waals surface area contributed by atoms with Crippen molar-refractivity contribution in [2.45, 2.75) is 25.7 Å². The van der Waals surface area contributed by atoms with Gasteiger partial charge in [0.05, 0.1) is 26.4 Å². The van der Waals surface area contributed by atoms with Gasteiger partial charge >= 0.3 is 0 Å². The molecule has 0 spiro atoms. The van der Waals surface area contributed by atoms with Crippen LogP contribution in [-0.2, 0) is 20.8 Å². The van der Waals surface area contributed by atoms with Gasteiger partial charge in [-0.25, -0.2) is 0 Å². The summed E-state index contributed by atoms with van der Waals surface area (Å²) in [6, 6.07) is 5.99. The Bertz CT molecular complexity index is 639. The number of hydrogen-bond donors (Lipinski definition) is 0. The zero-order valence-corrected chi connectivity index (χ0v) is 12.0. The Labute approximate surface area is 122 Å². The highest BCUT2D eigenvalue weighted by Gasteiger charge is 2.24. The maximum Gasteiger partial charge on any atom is 0.138 e. The first-order valence-electron chi connectivity index (χ1n) is 7.25. The molecule has 2 aliphatic rings. The summed E-state index contributed by atoms with van der Waals surface area (Å²) < 4.78 is 27.5. The molecule has 2 saturated heterocycles. The Morgan fingerprint density at radius 1 is 1.10 bits per heavy atom. The predicted octanol–water partition coefficient (Wildman–Crippen LogP) is 2.43. The highest BCUT2D eigenvalue weighted by Crippen LogP contribution is 2.29. The highest BCUT2D eigenvalue weighted by atomic mass is 16.6. The molecule has 5 nitrogen and oxygen atoms in total. The second-order valence-electron chi connectivity index (χ2n) is 5.59. The second-order valence-corrected chi connectivity index (χ2v) is 5.59. The van der Waals surface area contributed by atoms with E-state index in [1.807, 2.05) is 25.1 Å². The van der Waals surface area contributed by atoms with Crippen LogP contribution in [0.5, 0.6) is 5.75 Å². The molecule has 0 amide bonds. The molecule has 0 saturated carbocycles. The standard InChI is InChI=1S/C16H18O5/c1-10-2-15-11(5-17-6-13-7-19-13)3-12(4-16(15)21-10)18-8-14-9-20-14/h2-4,13-14H,5-9H2,1H3. The Morgan fingerprint density at radius 3 is 2.62 bits per heavy atom. The van der Waals surface area contributed by atoms with Gasteiger partial charge in [-0.3, -0.25) is 0 Å². The van der Waals surface area contributed by atoms with E-state index in [0.29, 0.717) is 19.8 Å². The van der Waals surface area contributed by atoms with Crippen molar-refractivity contribution < 1.29 is 23.4 Å². The molecule has 2 aliphatic heterocycles. The number of benzene rings is 1. The molecule has 0 N–H and O–H groups in total. The molecule has 2 atom stereocenters. The Kier molecular flexibility index (Phi) is 3.33. The van der Waals surface area contributed by atoms with Crippen LogP contribution in [0.2, 0.25) is 0 Å². The fourth-order valence-electron chi connectivity index (χ4n) is 2.33. The van der Waals surface area contributed by atoms with Crippen LogP contribution in [0, 0.1) is 6.92 Å². The minimum Gasteiger partial charge on any atom is -0.491 e. The van der Waals surface area contributed by atoms with Crippen LogP contribution in [0.25, 0.3) is 11.0 Å². The van der Waals surface area contributed by atoms with Gasteiger partial charge in [-0.05, 0) is 24.6 Å². The second kappa shape index (κ2) is 5.33. The summed E-state index contributed by atoms with van der Waals surface area (Å²) in [5.74, 6) is 1.69. The zero-order valence-electron chi connectivity index (χ0n) is 12.0. The van der Waals surface area contributed by atoms with Gasteiger partial charge < -0.3 is 23.4 Å².